The minimum absolute atomic E-state index is 0.0240. The molecule has 1 saturated heterocycles. The van der Waals surface area contributed by atoms with Gasteiger partial charge in [-0.2, -0.15) is 9.29 Å². The molecule has 0 radical (unpaired) electrons. The Labute approximate surface area is 423 Å². The normalized spacial score (nSPS) is 20.7. The summed E-state index contributed by atoms with van der Waals surface area (Å²) in [7, 11) is -11.0. The van der Waals surface area contributed by atoms with Crippen LogP contribution >= 0.6 is 15.6 Å². The number of nitrogens with two attached hydrogens (primary N) is 1. The molecule has 1 aliphatic rings. The molecule has 0 aliphatic carbocycles. The summed E-state index contributed by atoms with van der Waals surface area (Å²) in [6.45, 7) is 1.75. The zero-order valence-electron chi connectivity index (χ0n) is 41.7. The van der Waals surface area contributed by atoms with E-state index in [4.69, 9.17) is 29.0 Å². The van der Waals surface area contributed by atoms with E-state index < -0.39 is 95.9 Å². The number of esters is 2. The smallest absolute Gasteiger partial charge is 0.462 e. The quantitative estimate of drug-likeness (QED) is 0.0109. The molecule has 8 N–H and O–H groups in total. The number of carbonyl (C=O) groups is 2. The van der Waals surface area contributed by atoms with Crippen LogP contribution in [-0.2, 0) is 46.3 Å². The lowest BCUT2D eigenvalue weighted by atomic mass is 10.1. The van der Waals surface area contributed by atoms with Crippen molar-refractivity contribution in [2.24, 2.45) is 0 Å². The molecule has 1 aromatic heterocycles. The molecule has 22 heteroatoms. The largest absolute Gasteiger partial charge is 0.481 e. The average Bonchev–Trinajstić information content (AvgIpc) is 3.60. The van der Waals surface area contributed by atoms with Crippen molar-refractivity contribution < 1.29 is 76.5 Å². The molecule has 72 heavy (non-hydrogen) atoms. The van der Waals surface area contributed by atoms with Crippen LogP contribution in [0.25, 0.3) is 0 Å². The van der Waals surface area contributed by atoms with E-state index >= 15 is 0 Å². The van der Waals surface area contributed by atoms with Crippen LogP contribution in [0.3, 0.4) is 0 Å². The Morgan fingerprint density at radius 2 is 1.29 bits per heavy atom. The number of aliphatic hydroxyl groups is 4. The van der Waals surface area contributed by atoms with Crippen molar-refractivity contribution in [2.75, 3.05) is 25.6 Å². The average molecular weight is 1060 g/mol. The van der Waals surface area contributed by atoms with Crippen LogP contribution in [-0.4, -0.2) is 108 Å². The number of allylic oxidation sites excluding steroid dienone is 12. The Balaban J connectivity index is 1.90. The molecule has 406 valence electrons. The van der Waals surface area contributed by atoms with Crippen molar-refractivity contribution in [3.8, 4) is 0 Å². The Morgan fingerprint density at radius 3 is 1.92 bits per heavy atom. The van der Waals surface area contributed by atoms with Crippen LogP contribution in [0.5, 0.6) is 0 Å². The minimum atomic E-state index is -5.49. The van der Waals surface area contributed by atoms with Gasteiger partial charge in [0.25, 0.3) is 0 Å². The molecule has 0 amide bonds. The Morgan fingerprint density at radius 1 is 0.736 bits per heavy atom. The standard InChI is InChI=1S/C50H79N3O17P2/c1-3-5-7-8-9-10-11-12-13-14-15-16-20-23-27-33-45(56)65-37-42(68-46(57)34-28-32-41(55)31-26-22-19-17-18-21-25-30-40(54)29-24-6-4-2)38-66-71(61,62)70-72(63,64)67-39-43-47(58)48(59)49(69-43)53-36-35-44(51)52-50(53)60/h9-10,12-13,15-16,18-19,21-22,25-26,30-31,35-36,40-43,47-49,54-55,58-59H,3-8,11,14,17,20,23-24,27-29,32-34,37-39H2,1-2H3,(H,61,62)(H,63,64)(H2,51,52,60)/b10-9-,13-12-,16-15-,21-18-,22-19-,30-25+,31-26+/t40-,41-,42-,43-,47-,48-,49-/m1/s1. The number of aromatic nitrogens is 2. The van der Waals surface area contributed by atoms with Gasteiger partial charge in [-0.15, -0.1) is 0 Å². The van der Waals surface area contributed by atoms with E-state index in [1.165, 1.54) is 25.3 Å². The fourth-order valence-electron chi connectivity index (χ4n) is 6.71. The number of phosphoric acid groups is 2. The van der Waals surface area contributed by atoms with E-state index in [1.807, 2.05) is 36.5 Å². The summed E-state index contributed by atoms with van der Waals surface area (Å²) in [5.41, 5.74) is 4.56. The zero-order valence-corrected chi connectivity index (χ0v) is 43.5. The number of nitrogen functional groups attached to an aromatic ring is 1. The molecule has 9 atom stereocenters. The monoisotopic (exact) mass is 1060 g/mol. The van der Waals surface area contributed by atoms with Gasteiger partial charge in [0.05, 0.1) is 25.4 Å². The first-order valence-electron chi connectivity index (χ1n) is 24.8. The molecule has 0 bridgehead atoms. The third-order valence-corrected chi connectivity index (χ3v) is 13.3. The van der Waals surface area contributed by atoms with Crippen molar-refractivity contribution in [1.29, 1.82) is 0 Å². The van der Waals surface area contributed by atoms with Gasteiger partial charge in [-0.25, -0.2) is 13.9 Å². The van der Waals surface area contributed by atoms with Gasteiger partial charge in [0.2, 0.25) is 0 Å². The number of aliphatic hydroxyl groups excluding tert-OH is 4. The summed E-state index contributed by atoms with van der Waals surface area (Å²) < 4.78 is 56.5. The van der Waals surface area contributed by atoms with E-state index in [2.05, 4.69) is 47.4 Å². The van der Waals surface area contributed by atoms with E-state index in [-0.39, 0.29) is 31.5 Å². The summed E-state index contributed by atoms with van der Waals surface area (Å²) >= 11 is 0. The lowest BCUT2D eigenvalue weighted by Crippen LogP contribution is -2.36. The number of nitrogens with zero attached hydrogens (tertiary/aromatic N) is 2. The van der Waals surface area contributed by atoms with Gasteiger partial charge in [-0.3, -0.25) is 23.2 Å². The summed E-state index contributed by atoms with van der Waals surface area (Å²) in [5.74, 6) is -1.60. The van der Waals surface area contributed by atoms with Crippen molar-refractivity contribution in [3.63, 3.8) is 0 Å². The van der Waals surface area contributed by atoms with Crippen molar-refractivity contribution in [2.45, 2.75) is 172 Å². The molecular formula is C50H79N3O17P2. The van der Waals surface area contributed by atoms with E-state index in [1.54, 1.807) is 24.3 Å². The van der Waals surface area contributed by atoms with E-state index in [9.17, 15) is 53.7 Å². The van der Waals surface area contributed by atoms with E-state index in [0.29, 0.717) is 19.3 Å². The maximum Gasteiger partial charge on any atom is 0.481 e. The first kappa shape index (κ1) is 64.0. The lowest BCUT2D eigenvalue weighted by molar-refractivity contribution is -0.161. The molecule has 1 aromatic rings. The summed E-state index contributed by atoms with van der Waals surface area (Å²) in [4.78, 5) is 61.8. The van der Waals surface area contributed by atoms with Crippen LogP contribution in [0.2, 0.25) is 0 Å². The number of unbranched alkanes of at least 4 members (excludes halogenated alkanes) is 7. The van der Waals surface area contributed by atoms with Crippen LogP contribution in [0.1, 0.15) is 136 Å². The molecule has 1 aliphatic heterocycles. The van der Waals surface area contributed by atoms with Crippen LogP contribution < -0.4 is 11.4 Å². The first-order chi connectivity index (χ1) is 34.5. The number of rotatable bonds is 39. The van der Waals surface area contributed by atoms with Gasteiger partial charge in [-0.1, -0.05) is 131 Å². The fraction of sp³-hybridized carbons (Fsp3) is 0.600. The fourth-order valence-corrected chi connectivity index (χ4v) is 8.82. The highest BCUT2D eigenvalue weighted by Crippen LogP contribution is 2.60. The van der Waals surface area contributed by atoms with E-state index in [0.717, 1.165) is 62.1 Å². The third kappa shape index (κ3) is 30.2. The molecule has 2 rings (SSSR count). The number of carbonyl (C=O) groups excluding carboxylic acids is 2. The number of anilines is 1. The highest BCUT2D eigenvalue weighted by molar-refractivity contribution is 7.61. The number of ether oxygens (including phenoxy) is 3. The Hall–Kier alpha value is -4.14. The van der Waals surface area contributed by atoms with Gasteiger partial charge in [0.15, 0.2) is 12.3 Å². The van der Waals surface area contributed by atoms with Crippen molar-refractivity contribution in [1.82, 2.24) is 9.55 Å². The zero-order chi connectivity index (χ0) is 53.0. The van der Waals surface area contributed by atoms with Gasteiger partial charge in [-0.05, 0) is 76.7 Å². The van der Waals surface area contributed by atoms with Crippen LogP contribution in [0.4, 0.5) is 5.82 Å². The first-order valence-corrected chi connectivity index (χ1v) is 27.8. The van der Waals surface area contributed by atoms with Gasteiger partial charge in [0.1, 0.15) is 30.7 Å². The second kappa shape index (κ2) is 37.6. The van der Waals surface area contributed by atoms with Crippen LogP contribution in [0, 0.1) is 0 Å². The summed E-state index contributed by atoms with van der Waals surface area (Å²) in [6, 6.07) is 1.23. The highest BCUT2D eigenvalue weighted by atomic mass is 31.3. The second-order valence-electron chi connectivity index (χ2n) is 17.0. The molecule has 0 saturated carbocycles. The topological polar surface area (TPSA) is 306 Å². The number of hydrogen-bond donors (Lipinski definition) is 7. The SMILES string of the molecule is CCCCC/C=C\C/C=C\C/C=C\CCCCC(=O)OC[C@H](COP(=O)(O)OP(=O)(O)OC[C@H]1O[C@@H](n2ccc(N)nc2=O)[C@H](O)[C@@H]1O)OC(=O)CCC[C@H](O)/C=C/C=C\C/C=C\C=C\[C@H](O)CCCCC. The number of phosphoric ester groups is 2. The lowest BCUT2D eigenvalue weighted by Gasteiger charge is -2.21. The second-order valence-corrected chi connectivity index (χ2v) is 20.0. The minimum Gasteiger partial charge on any atom is -0.462 e. The third-order valence-electron chi connectivity index (χ3n) is 10.7. The van der Waals surface area contributed by atoms with Crippen molar-refractivity contribution in [3.05, 3.63) is 108 Å². The van der Waals surface area contributed by atoms with Gasteiger partial charge >= 0.3 is 33.3 Å². The highest BCUT2D eigenvalue weighted by Gasteiger charge is 2.46. The Bertz CT molecular complexity index is 2070. The summed E-state index contributed by atoms with van der Waals surface area (Å²) in [5, 5.41) is 41.2. The summed E-state index contributed by atoms with van der Waals surface area (Å²) in [6.07, 6.45) is 31.6. The maximum atomic E-state index is 12.9. The Kier molecular flexibility index (Phi) is 33.4. The van der Waals surface area contributed by atoms with Crippen LogP contribution in [0.15, 0.2) is 102 Å². The number of hydrogen-bond acceptors (Lipinski definition) is 17. The predicted molar refractivity (Wildman–Crippen MR) is 273 cm³/mol. The molecule has 0 spiro atoms. The molecule has 2 unspecified atom stereocenters. The molecule has 1 fully saturated rings. The predicted octanol–water partition coefficient (Wildman–Crippen LogP) is 7.83. The maximum absolute atomic E-state index is 12.9. The molecule has 2 heterocycles. The molecule has 20 nitrogen and oxygen atoms in total. The van der Waals surface area contributed by atoms with Gasteiger partial charge in [0, 0.05) is 19.0 Å². The van der Waals surface area contributed by atoms with Crippen molar-refractivity contribution >= 4 is 33.4 Å². The molecule has 0 aromatic carbocycles. The molecular weight excluding hydrogens is 977 g/mol. The van der Waals surface area contributed by atoms with Gasteiger partial charge < -0.3 is 50.2 Å².